The molecule has 3 N–H and O–H groups in total. The van der Waals surface area contributed by atoms with E-state index < -0.39 is 24.0 Å². The molecule has 6 nitrogen and oxygen atoms in total. The molecule has 0 aromatic rings. The molecule has 0 heterocycles. The SMILES string of the molecule is CNC(=O)C(C(N)=O)N(C)C(=O)F. The number of halogens is 1. The quantitative estimate of drug-likeness (QED) is 0.326. The van der Waals surface area contributed by atoms with Gasteiger partial charge in [-0.15, -0.1) is 4.39 Å². The smallest absolute Gasteiger partial charge is 0.367 e. The van der Waals surface area contributed by atoms with Crippen molar-refractivity contribution < 1.29 is 18.8 Å². The van der Waals surface area contributed by atoms with Crippen LogP contribution in [0.15, 0.2) is 0 Å². The molecule has 13 heavy (non-hydrogen) atoms. The van der Waals surface area contributed by atoms with Gasteiger partial charge in [0.2, 0.25) is 5.91 Å². The predicted molar refractivity (Wildman–Crippen MR) is 41.3 cm³/mol. The van der Waals surface area contributed by atoms with Crippen LogP contribution < -0.4 is 11.1 Å². The highest BCUT2D eigenvalue weighted by molar-refractivity contribution is 6.05. The van der Waals surface area contributed by atoms with Gasteiger partial charge in [0.15, 0.2) is 6.04 Å². The largest absolute Gasteiger partial charge is 0.400 e. The zero-order valence-electron chi connectivity index (χ0n) is 7.20. The van der Waals surface area contributed by atoms with Crippen LogP contribution in [-0.4, -0.2) is 43.0 Å². The Morgan fingerprint density at radius 1 is 1.46 bits per heavy atom. The van der Waals surface area contributed by atoms with E-state index >= 15 is 0 Å². The second-order valence-electron chi connectivity index (χ2n) is 2.28. The molecule has 0 rings (SSSR count). The average molecular weight is 191 g/mol. The van der Waals surface area contributed by atoms with Crippen LogP contribution in [0.25, 0.3) is 0 Å². The Morgan fingerprint density at radius 3 is 2.15 bits per heavy atom. The van der Waals surface area contributed by atoms with Gasteiger partial charge in [-0.05, 0) is 0 Å². The fraction of sp³-hybridized carbons (Fsp3) is 0.500. The van der Waals surface area contributed by atoms with Gasteiger partial charge in [-0.1, -0.05) is 0 Å². The minimum Gasteiger partial charge on any atom is -0.367 e. The summed E-state index contributed by atoms with van der Waals surface area (Å²) < 4.78 is 12.1. The van der Waals surface area contributed by atoms with Gasteiger partial charge in [0.25, 0.3) is 5.91 Å². The lowest BCUT2D eigenvalue weighted by atomic mass is 10.2. The maximum absolute atomic E-state index is 12.1. The summed E-state index contributed by atoms with van der Waals surface area (Å²) in [4.78, 5) is 32.1. The number of hydrogen-bond acceptors (Lipinski definition) is 3. The standard InChI is InChI=1S/C6H10FN3O3/c1-9-5(12)3(4(8)11)10(2)6(7)13/h3H,1-2H3,(H2,8,11)(H,9,12). The Labute approximate surface area is 73.9 Å². The van der Waals surface area contributed by atoms with E-state index in [1.54, 1.807) is 0 Å². The molecule has 0 aliphatic rings. The molecule has 1 unspecified atom stereocenters. The number of rotatable bonds is 3. The van der Waals surface area contributed by atoms with E-state index in [9.17, 15) is 18.8 Å². The van der Waals surface area contributed by atoms with Crippen molar-refractivity contribution in [1.29, 1.82) is 0 Å². The fourth-order valence-corrected chi connectivity index (χ4v) is 0.734. The molecule has 0 aliphatic heterocycles. The fourth-order valence-electron chi connectivity index (χ4n) is 0.734. The van der Waals surface area contributed by atoms with E-state index in [0.29, 0.717) is 4.90 Å². The Hall–Kier alpha value is -1.66. The van der Waals surface area contributed by atoms with Gasteiger partial charge in [-0.25, -0.2) is 4.79 Å². The van der Waals surface area contributed by atoms with Gasteiger partial charge in [0.05, 0.1) is 0 Å². The highest BCUT2D eigenvalue weighted by Gasteiger charge is 2.31. The predicted octanol–water partition coefficient (Wildman–Crippen LogP) is -1.39. The number of amides is 3. The molecule has 0 aliphatic carbocycles. The van der Waals surface area contributed by atoms with E-state index in [0.717, 1.165) is 7.05 Å². The van der Waals surface area contributed by atoms with Crippen molar-refractivity contribution >= 4 is 18.0 Å². The molecule has 0 bridgehead atoms. The van der Waals surface area contributed by atoms with Crippen LogP contribution in [0.1, 0.15) is 0 Å². The molecule has 0 aromatic heterocycles. The first-order valence-electron chi connectivity index (χ1n) is 3.35. The minimum atomic E-state index is -1.90. The Bertz CT molecular complexity index is 243. The van der Waals surface area contributed by atoms with Crippen molar-refractivity contribution in [3.8, 4) is 0 Å². The zero-order valence-corrected chi connectivity index (χ0v) is 7.20. The molecular formula is C6H10FN3O3. The molecule has 0 radical (unpaired) electrons. The van der Waals surface area contributed by atoms with Gasteiger partial charge in [-0.2, -0.15) is 0 Å². The van der Waals surface area contributed by atoms with Crippen LogP contribution in [0.5, 0.6) is 0 Å². The van der Waals surface area contributed by atoms with Crippen molar-refractivity contribution in [2.45, 2.75) is 6.04 Å². The first-order chi connectivity index (χ1) is 5.91. The second-order valence-corrected chi connectivity index (χ2v) is 2.28. The van der Waals surface area contributed by atoms with Crippen molar-refractivity contribution in [2.75, 3.05) is 14.1 Å². The molecule has 74 valence electrons. The molecule has 1 atom stereocenters. The van der Waals surface area contributed by atoms with Crippen molar-refractivity contribution in [2.24, 2.45) is 5.73 Å². The number of hydrogen-bond donors (Lipinski definition) is 2. The summed E-state index contributed by atoms with van der Waals surface area (Å²) >= 11 is 0. The Balaban J connectivity index is 4.71. The van der Waals surface area contributed by atoms with Gasteiger partial charge in [0, 0.05) is 14.1 Å². The van der Waals surface area contributed by atoms with Crippen molar-refractivity contribution in [3.05, 3.63) is 0 Å². The van der Waals surface area contributed by atoms with Crippen molar-refractivity contribution in [3.63, 3.8) is 0 Å². The molecule has 0 spiro atoms. The minimum absolute atomic E-state index is 0.321. The Kier molecular flexibility index (Phi) is 3.83. The molecular weight excluding hydrogens is 181 g/mol. The molecule has 0 saturated heterocycles. The van der Waals surface area contributed by atoms with E-state index in [2.05, 4.69) is 5.32 Å². The van der Waals surface area contributed by atoms with E-state index in [-0.39, 0.29) is 0 Å². The summed E-state index contributed by atoms with van der Waals surface area (Å²) in [5, 5.41) is 2.08. The second kappa shape index (κ2) is 4.39. The third-order valence-electron chi connectivity index (χ3n) is 1.43. The first-order valence-corrected chi connectivity index (χ1v) is 3.35. The summed E-state index contributed by atoms with van der Waals surface area (Å²) in [5.74, 6) is -1.92. The summed E-state index contributed by atoms with van der Waals surface area (Å²) in [5.41, 5.74) is 4.79. The molecule has 0 fully saturated rings. The van der Waals surface area contributed by atoms with Gasteiger partial charge in [-0.3, -0.25) is 14.5 Å². The van der Waals surface area contributed by atoms with Crippen LogP contribution in [0.4, 0.5) is 9.18 Å². The van der Waals surface area contributed by atoms with Crippen LogP contribution in [0.2, 0.25) is 0 Å². The van der Waals surface area contributed by atoms with Crippen molar-refractivity contribution in [1.82, 2.24) is 10.2 Å². The van der Waals surface area contributed by atoms with Gasteiger partial charge >= 0.3 is 6.16 Å². The normalized spacial score (nSPS) is 11.6. The highest BCUT2D eigenvalue weighted by Crippen LogP contribution is 1.98. The van der Waals surface area contributed by atoms with E-state index in [4.69, 9.17) is 5.73 Å². The zero-order chi connectivity index (χ0) is 10.6. The first kappa shape index (κ1) is 11.3. The van der Waals surface area contributed by atoms with Crippen LogP contribution in [-0.2, 0) is 9.59 Å². The number of nitrogens with one attached hydrogen (secondary N) is 1. The molecule has 3 amide bonds. The number of carbonyl (C=O) groups excluding carboxylic acids is 3. The van der Waals surface area contributed by atoms with E-state index in [1.807, 2.05) is 0 Å². The highest BCUT2D eigenvalue weighted by atomic mass is 19.1. The van der Waals surface area contributed by atoms with Gasteiger partial charge in [0.1, 0.15) is 0 Å². The summed E-state index contributed by atoms with van der Waals surface area (Å²) in [6.07, 6.45) is -1.90. The maximum Gasteiger partial charge on any atom is 0.400 e. The average Bonchev–Trinajstić information content (AvgIpc) is 2.03. The summed E-state index contributed by atoms with van der Waals surface area (Å²) in [6.45, 7) is 0. The lowest BCUT2D eigenvalue weighted by Gasteiger charge is -2.20. The Morgan fingerprint density at radius 2 is 1.92 bits per heavy atom. The molecule has 0 aromatic carbocycles. The maximum atomic E-state index is 12.1. The third-order valence-corrected chi connectivity index (χ3v) is 1.43. The number of likely N-dealkylation sites (N-methyl/N-ethyl adjacent to an activating group) is 2. The van der Waals surface area contributed by atoms with Gasteiger partial charge < -0.3 is 11.1 Å². The number of nitrogens with two attached hydrogens (primary N) is 1. The topological polar surface area (TPSA) is 92.5 Å². The molecule has 0 saturated carbocycles. The third kappa shape index (κ3) is 2.69. The van der Waals surface area contributed by atoms with E-state index in [1.165, 1.54) is 7.05 Å². The number of primary amides is 1. The van der Waals surface area contributed by atoms with Crippen LogP contribution in [0.3, 0.4) is 0 Å². The number of carbonyl (C=O) groups is 3. The molecule has 7 heteroatoms. The van der Waals surface area contributed by atoms with Crippen LogP contribution in [0, 0.1) is 0 Å². The lowest BCUT2D eigenvalue weighted by Crippen LogP contribution is -2.52. The number of nitrogens with zero attached hydrogens (tertiary/aromatic N) is 1. The monoisotopic (exact) mass is 191 g/mol. The lowest BCUT2D eigenvalue weighted by molar-refractivity contribution is -0.133. The summed E-state index contributed by atoms with van der Waals surface area (Å²) in [6, 6.07) is -1.61. The summed E-state index contributed by atoms with van der Waals surface area (Å²) in [7, 11) is 2.21. The van der Waals surface area contributed by atoms with Crippen LogP contribution >= 0.6 is 0 Å².